The van der Waals surface area contributed by atoms with Gasteiger partial charge in [0.15, 0.2) is 0 Å². The number of alkyl halides is 3. The third-order valence-corrected chi connectivity index (χ3v) is 7.50. The number of hydrogen-bond donors (Lipinski definition) is 1. The highest BCUT2D eigenvalue weighted by molar-refractivity contribution is 6.48. The average molecular weight is 574 g/mol. The molecule has 1 unspecified atom stereocenters. The molecule has 36 heavy (non-hydrogen) atoms. The fourth-order valence-corrected chi connectivity index (χ4v) is 4.70. The Morgan fingerprint density at radius 1 is 1.06 bits per heavy atom. The Balaban J connectivity index is 1.54. The molecule has 1 fully saturated rings. The Morgan fingerprint density at radius 3 is 2.25 bits per heavy atom. The molecule has 0 saturated heterocycles. The van der Waals surface area contributed by atoms with Gasteiger partial charge in [-0.05, 0) is 66.3 Å². The average Bonchev–Trinajstić information content (AvgIpc) is 3.57. The summed E-state index contributed by atoms with van der Waals surface area (Å²) in [6, 6.07) is 10.7. The lowest BCUT2D eigenvalue weighted by Gasteiger charge is -2.19. The van der Waals surface area contributed by atoms with Crippen LogP contribution in [0, 0.1) is 6.92 Å². The summed E-state index contributed by atoms with van der Waals surface area (Å²) in [5, 5.41) is 3.31. The number of halogens is 7. The number of aryl methyl sites for hydroxylation is 1. The molecule has 0 bridgehead atoms. The summed E-state index contributed by atoms with van der Waals surface area (Å²) in [7, 11) is 0. The summed E-state index contributed by atoms with van der Waals surface area (Å²) in [5.41, 5.74) is 1.83. The van der Waals surface area contributed by atoms with Crippen molar-refractivity contribution in [2.24, 2.45) is 0 Å². The van der Waals surface area contributed by atoms with Crippen LogP contribution in [0.3, 0.4) is 0 Å². The molecule has 1 aliphatic carbocycles. The second kappa shape index (κ2) is 10.3. The molecular formula is C26H19Cl4F3N2O. The fraction of sp³-hybridized carbons (Fsp3) is 0.231. The Morgan fingerprint density at radius 2 is 1.72 bits per heavy atom. The number of carbonyl (C=O) groups excluding carboxylic acids is 1. The van der Waals surface area contributed by atoms with Gasteiger partial charge in [0.2, 0.25) is 0 Å². The van der Waals surface area contributed by atoms with E-state index in [4.69, 9.17) is 46.4 Å². The maximum Gasteiger partial charge on any atom is 0.399 e. The van der Waals surface area contributed by atoms with Crippen LogP contribution in [0.5, 0.6) is 0 Å². The summed E-state index contributed by atoms with van der Waals surface area (Å²) in [5.74, 6) is -2.22. The van der Waals surface area contributed by atoms with Crippen molar-refractivity contribution in [2.75, 3.05) is 0 Å². The largest absolute Gasteiger partial charge is 0.399 e. The lowest BCUT2D eigenvalue weighted by atomic mass is 9.96. The minimum Gasteiger partial charge on any atom is -0.342 e. The molecular weight excluding hydrogens is 555 g/mol. The Kier molecular flexibility index (Phi) is 7.63. The molecule has 3 aromatic rings. The van der Waals surface area contributed by atoms with Gasteiger partial charge >= 0.3 is 6.18 Å². The molecule has 0 spiro atoms. The Bertz CT molecular complexity index is 1310. The Labute approximate surface area is 226 Å². The second-order valence-electron chi connectivity index (χ2n) is 8.66. The topological polar surface area (TPSA) is 42.0 Å². The van der Waals surface area contributed by atoms with Gasteiger partial charge in [0.25, 0.3) is 5.91 Å². The first-order chi connectivity index (χ1) is 16.9. The maximum absolute atomic E-state index is 13.8. The highest BCUT2D eigenvalue weighted by Crippen LogP contribution is 2.46. The number of hydrogen-bond acceptors (Lipinski definition) is 2. The van der Waals surface area contributed by atoms with Gasteiger partial charge in [-0.1, -0.05) is 76.8 Å². The number of pyridine rings is 1. The van der Waals surface area contributed by atoms with Crippen LogP contribution in [-0.4, -0.2) is 17.1 Å². The van der Waals surface area contributed by atoms with Gasteiger partial charge in [-0.3, -0.25) is 4.79 Å². The van der Waals surface area contributed by atoms with Crippen LogP contribution in [0.4, 0.5) is 13.2 Å². The van der Waals surface area contributed by atoms with Crippen molar-refractivity contribution in [3.63, 3.8) is 0 Å². The van der Waals surface area contributed by atoms with Crippen molar-refractivity contribution in [1.29, 1.82) is 0 Å². The normalized spacial score (nSPS) is 15.7. The lowest BCUT2D eigenvalue weighted by molar-refractivity contribution is -0.139. The number of allylic oxidation sites excluding steroid dienone is 1. The van der Waals surface area contributed by atoms with Crippen molar-refractivity contribution in [3.05, 3.63) is 103 Å². The number of rotatable bonds is 6. The van der Waals surface area contributed by atoms with Crippen molar-refractivity contribution in [2.45, 2.75) is 37.4 Å². The molecule has 4 rings (SSSR count). The third-order valence-electron chi connectivity index (χ3n) is 6.08. The first-order valence-electron chi connectivity index (χ1n) is 10.8. The van der Waals surface area contributed by atoms with Crippen LogP contribution in [-0.2, 0) is 5.54 Å². The minimum atomic E-state index is -4.58. The van der Waals surface area contributed by atoms with Crippen LogP contribution in [0.1, 0.15) is 51.4 Å². The quantitative estimate of drug-likeness (QED) is 0.236. The SMILES string of the molecule is Cc1cc(/C=C/C(c2cc(Cl)c(Cl)c(Cl)c2)C(F)(F)F)ccc1C(=O)NC1(c2ccc(Cl)nc2)CC1. The van der Waals surface area contributed by atoms with E-state index < -0.39 is 17.6 Å². The molecule has 1 amide bonds. The highest BCUT2D eigenvalue weighted by Gasteiger charge is 2.46. The molecule has 1 N–H and O–H groups in total. The number of nitrogens with zero attached hydrogens (tertiary/aromatic N) is 1. The monoisotopic (exact) mass is 572 g/mol. The van der Waals surface area contributed by atoms with E-state index in [9.17, 15) is 18.0 Å². The predicted octanol–water partition coefficient (Wildman–Crippen LogP) is 8.78. The molecule has 1 heterocycles. The molecule has 1 aromatic heterocycles. The molecule has 1 saturated carbocycles. The molecule has 0 aliphatic heterocycles. The van der Waals surface area contributed by atoms with Gasteiger partial charge in [-0.25, -0.2) is 4.98 Å². The Hall–Kier alpha value is -2.25. The highest BCUT2D eigenvalue weighted by atomic mass is 35.5. The standard InChI is InChI=1S/C26H19Cl4F3N2O/c1-14-10-15(3-6-19(26(31,32)33)16-11-20(27)23(30)21(28)12-16)2-5-18(14)24(36)35-25(8-9-25)17-4-7-22(29)34-13-17/h2-7,10-13,19H,8-9H2,1H3,(H,35,36)/b6-3+. The number of amides is 1. The first-order valence-corrected chi connectivity index (χ1v) is 12.4. The second-order valence-corrected chi connectivity index (χ2v) is 10.2. The molecule has 10 heteroatoms. The zero-order valence-corrected chi connectivity index (χ0v) is 21.8. The van der Waals surface area contributed by atoms with Crippen LogP contribution < -0.4 is 5.32 Å². The van der Waals surface area contributed by atoms with E-state index in [2.05, 4.69) is 10.3 Å². The molecule has 0 radical (unpaired) electrons. The summed E-state index contributed by atoms with van der Waals surface area (Å²) in [6.07, 6.45) is 0.997. The van der Waals surface area contributed by atoms with Gasteiger partial charge in [-0.15, -0.1) is 0 Å². The third kappa shape index (κ3) is 5.83. The van der Waals surface area contributed by atoms with Crippen LogP contribution in [0.2, 0.25) is 20.2 Å². The van der Waals surface area contributed by atoms with E-state index in [0.717, 1.165) is 36.6 Å². The van der Waals surface area contributed by atoms with Crippen LogP contribution >= 0.6 is 46.4 Å². The van der Waals surface area contributed by atoms with Gasteiger partial charge < -0.3 is 5.32 Å². The molecule has 2 aromatic carbocycles. The number of aromatic nitrogens is 1. The van der Waals surface area contributed by atoms with E-state index in [1.165, 1.54) is 6.08 Å². The predicted molar refractivity (Wildman–Crippen MR) is 138 cm³/mol. The number of benzene rings is 2. The van der Waals surface area contributed by atoms with Crippen molar-refractivity contribution < 1.29 is 18.0 Å². The summed E-state index contributed by atoms with van der Waals surface area (Å²) >= 11 is 23.6. The molecule has 1 aliphatic rings. The van der Waals surface area contributed by atoms with Crippen LogP contribution in [0.15, 0.2) is 54.7 Å². The van der Waals surface area contributed by atoms with E-state index >= 15 is 0 Å². The van der Waals surface area contributed by atoms with Crippen molar-refractivity contribution in [3.8, 4) is 0 Å². The van der Waals surface area contributed by atoms with E-state index in [0.29, 0.717) is 21.8 Å². The zero-order chi connectivity index (χ0) is 26.3. The van der Waals surface area contributed by atoms with Crippen molar-refractivity contribution in [1.82, 2.24) is 10.3 Å². The van der Waals surface area contributed by atoms with Gasteiger partial charge in [-0.2, -0.15) is 13.2 Å². The lowest BCUT2D eigenvalue weighted by Crippen LogP contribution is -2.35. The summed E-state index contributed by atoms with van der Waals surface area (Å²) in [6.45, 7) is 1.73. The summed E-state index contributed by atoms with van der Waals surface area (Å²) < 4.78 is 41.4. The van der Waals surface area contributed by atoms with Gasteiger partial charge in [0.05, 0.1) is 26.5 Å². The molecule has 1 atom stereocenters. The van der Waals surface area contributed by atoms with Crippen molar-refractivity contribution >= 4 is 58.4 Å². The molecule has 3 nitrogen and oxygen atoms in total. The number of nitrogens with one attached hydrogen (secondary N) is 1. The van der Waals surface area contributed by atoms with E-state index in [-0.39, 0.29) is 26.5 Å². The first kappa shape index (κ1) is 26.8. The summed E-state index contributed by atoms with van der Waals surface area (Å²) in [4.78, 5) is 17.1. The zero-order valence-electron chi connectivity index (χ0n) is 18.8. The number of carbonyl (C=O) groups is 1. The van der Waals surface area contributed by atoms with Gasteiger partial charge in [0.1, 0.15) is 5.15 Å². The van der Waals surface area contributed by atoms with Crippen LogP contribution in [0.25, 0.3) is 6.08 Å². The minimum absolute atomic E-state index is 0.00298. The van der Waals surface area contributed by atoms with E-state index in [1.54, 1.807) is 37.4 Å². The fourth-order valence-electron chi connectivity index (χ4n) is 3.97. The smallest absolute Gasteiger partial charge is 0.342 e. The molecule has 188 valence electrons. The maximum atomic E-state index is 13.8. The van der Waals surface area contributed by atoms with E-state index in [1.807, 2.05) is 6.07 Å². The van der Waals surface area contributed by atoms with Gasteiger partial charge in [0, 0.05) is 11.8 Å².